The second-order valence-electron chi connectivity index (χ2n) is 4.18. The average molecular weight is 257 g/mol. The van der Waals surface area contributed by atoms with Crippen molar-refractivity contribution >= 4 is 11.6 Å². The maximum absolute atomic E-state index is 12.0. The van der Waals surface area contributed by atoms with Gasteiger partial charge in [0.15, 0.2) is 0 Å². The third-order valence-electron chi connectivity index (χ3n) is 2.79. The number of aromatic nitrogens is 2. The first-order chi connectivity index (χ1) is 9.11. The number of rotatable bonds is 3. The molecule has 1 aromatic heterocycles. The summed E-state index contributed by atoms with van der Waals surface area (Å²) in [4.78, 5) is 19.8. The van der Waals surface area contributed by atoms with Crippen LogP contribution in [-0.4, -0.2) is 23.0 Å². The van der Waals surface area contributed by atoms with E-state index in [1.165, 1.54) is 18.6 Å². The number of hydrogen-bond donors (Lipinski definition) is 1. The first kappa shape index (κ1) is 13.0. The second-order valence-corrected chi connectivity index (χ2v) is 4.18. The summed E-state index contributed by atoms with van der Waals surface area (Å²) in [6, 6.07) is 3.77. The van der Waals surface area contributed by atoms with Crippen molar-refractivity contribution in [3.63, 3.8) is 0 Å². The first-order valence-electron chi connectivity index (χ1n) is 5.84. The second kappa shape index (κ2) is 5.48. The summed E-state index contributed by atoms with van der Waals surface area (Å²) in [7, 11) is 1.62. The molecule has 1 heterocycles. The molecule has 98 valence electrons. The number of benzene rings is 1. The Morgan fingerprint density at radius 3 is 2.63 bits per heavy atom. The van der Waals surface area contributed by atoms with Crippen LogP contribution in [0.15, 0.2) is 30.7 Å². The van der Waals surface area contributed by atoms with Crippen molar-refractivity contribution in [1.82, 2.24) is 9.97 Å². The summed E-state index contributed by atoms with van der Waals surface area (Å²) in [5.41, 5.74) is 2.92. The number of methoxy groups -OCH3 is 1. The van der Waals surface area contributed by atoms with E-state index in [0.717, 1.165) is 22.6 Å². The van der Waals surface area contributed by atoms with Crippen molar-refractivity contribution in [2.45, 2.75) is 13.8 Å². The van der Waals surface area contributed by atoms with Crippen molar-refractivity contribution in [3.8, 4) is 5.75 Å². The molecular weight excluding hydrogens is 242 g/mol. The van der Waals surface area contributed by atoms with Crippen LogP contribution < -0.4 is 10.1 Å². The van der Waals surface area contributed by atoms with Gasteiger partial charge in [-0.3, -0.25) is 9.78 Å². The van der Waals surface area contributed by atoms with Crippen molar-refractivity contribution in [2.24, 2.45) is 0 Å². The molecule has 0 atom stereocenters. The van der Waals surface area contributed by atoms with Gasteiger partial charge in [0, 0.05) is 18.1 Å². The van der Waals surface area contributed by atoms with Gasteiger partial charge in [0.05, 0.1) is 13.3 Å². The number of hydrogen-bond acceptors (Lipinski definition) is 4. The van der Waals surface area contributed by atoms with Crippen LogP contribution in [0.1, 0.15) is 21.6 Å². The Bertz CT molecular complexity index is 597. The topological polar surface area (TPSA) is 64.1 Å². The summed E-state index contributed by atoms with van der Waals surface area (Å²) >= 11 is 0. The molecule has 19 heavy (non-hydrogen) atoms. The summed E-state index contributed by atoms with van der Waals surface area (Å²) in [6.07, 6.45) is 4.45. The number of nitrogens with one attached hydrogen (secondary N) is 1. The molecule has 0 saturated heterocycles. The number of aryl methyl sites for hydroxylation is 2. The third kappa shape index (κ3) is 2.88. The van der Waals surface area contributed by atoms with Crippen molar-refractivity contribution in [1.29, 1.82) is 0 Å². The largest absolute Gasteiger partial charge is 0.496 e. The summed E-state index contributed by atoms with van der Waals surface area (Å²) in [5.74, 6) is 0.524. The van der Waals surface area contributed by atoms with E-state index in [2.05, 4.69) is 15.3 Å². The lowest BCUT2D eigenvalue weighted by atomic mass is 10.1. The molecule has 0 aliphatic carbocycles. The predicted molar refractivity (Wildman–Crippen MR) is 72.5 cm³/mol. The molecule has 0 unspecified atom stereocenters. The number of anilines is 1. The van der Waals surface area contributed by atoms with Gasteiger partial charge in [0.2, 0.25) is 0 Å². The molecule has 0 saturated carbocycles. The predicted octanol–water partition coefficient (Wildman–Crippen LogP) is 2.35. The molecule has 2 aromatic rings. The molecule has 0 radical (unpaired) electrons. The lowest BCUT2D eigenvalue weighted by Crippen LogP contribution is -2.14. The van der Waals surface area contributed by atoms with E-state index in [1.54, 1.807) is 7.11 Å². The van der Waals surface area contributed by atoms with Gasteiger partial charge in [-0.25, -0.2) is 4.98 Å². The minimum absolute atomic E-state index is 0.277. The first-order valence-corrected chi connectivity index (χ1v) is 5.84. The zero-order chi connectivity index (χ0) is 13.8. The highest BCUT2D eigenvalue weighted by atomic mass is 16.5. The zero-order valence-electron chi connectivity index (χ0n) is 11.1. The standard InChI is InChI=1S/C14H15N3O2/c1-9-7-13(19-3)10(2)6-11(9)17-14(18)12-8-15-4-5-16-12/h4-8H,1-3H3,(H,17,18). The smallest absolute Gasteiger partial charge is 0.275 e. The Balaban J connectivity index is 2.25. The van der Waals surface area contributed by atoms with Gasteiger partial charge < -0.3 is 10.1 Å². The maximum Gasteiger partial charge on any atom is 0.275 e. The number of carbonyl (C=O) groups is 1. The lowest BCUT2D eigenvalue weighted by molar-refractivity contribution is 0.102. The van der Waals surface area contributed by atoms with E-state index in [1.807, 2.05) is 26.0 Å². The van der Waals surface area contributed by atoms with Crippen LogP contribution in [-0.2, 0) is 0 Å². The molecule has 0 bridgehead atoms. The van der Waals surface area contributed by atoms with Crippen LogP contribution in [0, 0.1) is 13.8 Å². The zero-order valence-corrected chi connectivity index (χ0v) is 11.1. The van der Waals surface area contributed by atoms with Gasteiger partial charge in [0.25, 0.3) is 5.91 Å². The van der Waals surface area contributed by atoms with E-state index in [9.17, 15) is 4.79 Å². The van der Waals surface area contributed by atoms with E-state index < -0.39 is 0 Å². The van der Waals surface area contributed by atoms with Crippen molar-refractivity contribution in [2.75, 3.05) is 12.4 Å². The third-order valence-corrected chi connectivity index (χ3v) is 2.79. The summed E-state index contributed by atoms with van der Waals surface area (Å²) < 4.78 is 5.24. The quantitative estimate of drug-likeness (QED) is 0.916. The summed E-state index contributed by atoms with van der Waals surface area (Å²) in [6.45, 7) is 3.84. The van der Waals surface area contributed by atoms with Gasteiger partial charge in [-0.15, -0.1) is 0 Å². The van der Waals surface area contributed by atoms with Crippen LogP contribution in [0.3, 0.4) is 0 Å². The minimum atomic E-state index is -0.277. The molecule has 0 spiro atoms. The highest BCUT2D eigenvalue weighted by molar-refractivity contribution is 6.03. The Labute approximate surface area is 111 Å². The van der Waals surface area contributed by atoms with E-state index in [0.29, 0.717) is 0 Å². The van der Waals surface area contributed by atoms with E-state index >= 15 is 0 Å². The fourth-order valence-electron chi connectivity index (χ4n) is 1.75. The SMILES string of the molecule is COc1cc(C)c(NC(=O)c2cnccn2)cc1C. The Hall–Kier alpha value is -2.43. The molecule has 5 heteroatoms. The van der Waals surface area contributed by atoms with Gasteiger partial charge in [-0.2, -0.15) is 0 Å². The molecule has 5 nitrogen and oxygen atoms in total. The van der Waals surface area contributed by atoms with E-state index in [-0.39, 0.29) is 11.6 Å². The number of ether oxygens (including phenoxy) is 1. The van der Waals surface area contributed by atoms with Crippen LogP contribution in [0.2, 0.25) is 0 Å². The fraction of sp³-hybridized carbons (Fsp3) is 0.214. The number of carbonyl (C=O) groups excluding carboxylic acids is 1. The Morgan fingerprint density at radius 2 is 2.00 bits per heavy atom. The fourth-order valence-corrected chi connectivity index (χ4v) is 1.75. The van der Waals surface area contributed by atoms with E-state index in [4.69, 9.17) is 4.74 Å². The normalized spacial score (nSPS) is 10.1. The van der Waals surface area contributed by atoms with Crippen molar-refractivity contribution in [3.05, 3.63) is 47.5 Å². The van der Waals surface area contributed by atoms with Crippen LogP contribution >= 0.6 is 0 Å². The molecule has 2 rings (SSSR count). The number of nitrogens with zero attached hydrogens (tertiary/aromatic N) is 2. The molecule has 0 aliphatic rings. The van der Waals surface area contributed by atoms with Gasteiger partial charge >= 0.3 is 0 Å². The lowest BCUT2D eigenvalue weighted by Gasteiger charge is -2.12. The molecular formula is C14H15N3O2. The van der Waals surface area contributed by atoms with Crippen LogP contribution in [0.25, 0.3) is 0 Å². The highest BCUT2D eigenvalue weighted by Gasteiger charge is 2.11. The van der Waals surface area contributed by atoms with Crippen LogP contribution in [0.4, 0.5) is 5.69 Å². The Kier molecular flexibility index (Phi) is 3.75. The monoisotopic (exact) mass is 257 g/mol. The summed E-state index contributed by atoms with van der Waals surface area (Å²) in [5, 5.41) is 2.82. The van der Waals surface area contributed by atoms with Gasteiger partial charge in [-0.05, 0) is 37.1 Å². The van der Waals surface area contributed by atoms with Crippen LogP contribution in [0.5, 0.6) is 5.75 Å². The minimum Gasteiger partial charge on any atom is -0.496 e. The number of amides is 1. The maximum atomic E-state index is 12.0. The molecule has 1 amide bonds. The highest BCUT2D eigenvalue weighted by Crippen LogP contribution is 2.26. The Morgan fingerprint density at radius 1 is 1.21 bits per heavy atom. The van der Waals surface area contributed by atoms with Gasteiger partial charge in [-0.1, -0.05) is 0 Å². The molecule has 1 aromatic carbocycles. The van der Waals surface area contributed by atoms with Crippen molar-refractivity contribution < 1.29 is 9.53 Å². The average Bonchev–Trinajstić information content (AvgIpc) is 2.43. The molecule has 0 aliphatic heterocycles. The van der Waals surface area contributed by atoms with Gasteiger partial charge in [0.1, 0.15) is 11.4 Å². The molecule has 1 N–H and O–H groups in total. The molecule has 0 fully saturated rings.